The van der Waals surface area contributed by atoms with Crippen LogP contribution in [-0.2, 0) is 10.0 Å². The van der Waals surface area contributed by atoms with E-state index in [-0.39, 0.29) is 22.2 Å². The fourth-order valence-electron chi connectivity index (χ4n) is 1.77. The topological polar surface area (TPSA) is 92.6 Å². The van der Waals surface area contributed by atoms with E-state index in [4.69, 9.17) is 11.6 Å². The van der Waals surface area contributed by atoms with E-state index in [0.29, 0.717) is 6.54 Å². The van der Waals surface area contributed by atoms with Crippen molar-refractivity contribution in [2.24, 2.45) is 0 Å². The van der Waals surface area contributed by atoms with Gasteiger partial charge in [-0.15, -0.1) is 0 Å². The molecule has 0 unspecified atom stereocenters. The largest absolute Gasteiger partial charge is 0.303 e. The molecule has 0 radical (unpaired) electrons. The van der Waals surface area contributed by atoms with E-state index in [1.54, 1.807) is 0 Å². The zero-order chi connectivity index (χ0) is 16.0. The van der Waals surface area contributed by atoms with Crippen LogP contribution < -0.4 is 4.72 Å². The van der Waals surface area contributed by atoms with Crippen LogP contribution in [-0.4, -0.2) is 44.4 Å². The minimum atomic E-state index is -3.87. The van der Waals surface area contributed by atoms with Crippen LogP contribution in [0.15, 0.2) is 23.1 Å². The van der Waals surface area contributed by atoms with E-state index in [1.807, 2.05) is 13.8 Å². The zero-order valence-electron chi connectivity index (χ0n) is 11.9. The fraction of sp³-hybridized carbons (Fsp3) is 0.500. The summed E-state index contributed by atoms with van der Waals surface area (Å²) in [6.07, 6.45) is 0. The number of sulfonamides is 1. The molecule has 0 spiro atoms. The minimum Gasteiger partial charge on any atom is -0.303 e. The number of hydrogen-bond acceptors (Lipinski definition) is 5. The number of nitrogens with one attached hydrogen (secondary N) is 1. The van der Waals surface area contributed by atoms with E-state index in [0.717, 1.165) is 25.2 Å². The Kier molecular flexibility index (Phi) is 6.53. The van der Waals surface area contributed by atoms with Crippen molar-refractivity contribution in [2.45, 2.75) is 18.7 Å². The predicted octanol–water partition coefficient (Wildman–Crippen LogP) is 1.87. The molecule has 0 saturated heterocycles. The lowest BCUT2D eigenvalue weighted by atomic mass is 10.3. The molecule has 118 valence electrons. The van der Waals surface area contributed by atoms with Crippen molar-refractivity contribution in [1.82, 2.24) is 9.62 Å². The molecule has 0 heterocycles. The second-order valence-corrected chi connectivity index (χ2v) is 6.44. The zero-order valence-corrected chi connectivity index (χ0v) is 13.4. The molecule has 0 aliphatic carbocycles. The Balaban J connectivity index is 2.87. The van der Waals surface area contributed by atoms with Crippen molar-refractivity contribution in [1.29, 1.82) is 0 Å². The summed E-state index contributed by atoms with van der Waals surface area (Å²) in [5, 5.41) is 10.7. The van der Waals surface area contributed by atoms with Crippen molar-refractivity contribution in [3.05, 3.63) is 33.3 Å². The van der Waals surface area contributed by atoms with Crippen LogP contribution in [0.25, 0.3) is 0 Å². The number of hydrogen-bond donors (Lipinski definition) is 1. The van der Waals surface area contributed by atoms with Crippen molar-refractivity contribution in [2.75, 3.05) is 26.2 Å². The molecule has 1 aromatic rings. The number of nitro groups is 1. The SMILES string of the molecule is CCN(CC)CCNS(=O)(=O)c1cc([N+](=O)[O-])ccc1Cl. The first kappa shape index (κ1) is 17.8. The predicted molar refractivity (Wildman–Crippen MR) is 81.1 cm³/mol. The molecule has 1 rings (SSSR count). The molecule has 0 fully saturated rings. The molecule has 7 nitrogen and oxygen atoms in total. The van der Waals surface area contributed by atoms with Gasteiger partial charge >= 0.3 is 0 Å². The second-order valence-electron chi connectivity index (χ2n) is 4.30. The fourth-order valence-corrected chi connectivity index (χ4v) is 3.31. The third-order valence-corrected chi connectivity index (χ3v) is 4.97. The highest BCUT2D eigenvalue weighted by Gasteiger charge is 2.21. The van der Waals surface area contributed by atoms with Crippen molar-refractivity contribution >= 4 is 27.3 Å². The highest BCUT2D eigenvalue weighted by Crippen LogP contribution is 2.25. The van der Waals surface area contributed by atoms with Gasteiger partial charge in [-0.05, 0) is 19.2 Å². The maximum absolute atomic E-state index is 12.1. The van der Waals surface area contributed by atoms with E-state index >= 15 is 0 Å². The third kappa shape index (κ3) is 4.92. The number of nitrogens with zero attached hydrogens (tertiary/aromatic N) is 2. The lowest BCUT2D eigenvalue weighted by molar-refractivity contribution is -0.385. The van der Waals surface area contributed by atoms with Crippen LogP contribution in [0.3, 0.4) is 0 Å². The van der Waals surface area contributed by atoms with Gasteiger partial charge in [0.2, 0.25) is 10.0 Å². The van der Waals surface area contributed by atoms with Crippen LogP contribution in [0.4, 0.5) is 5.69 Å². The highest BCUT2D eigenvalue weighted by atomic mass is 35.5. The molecule has 21 heavy (non-hydrogen) atoms. The van der Waals surface area contributed by atoms with Gasteiger partial charge in [0, 0.05) is 25.2 Å². The minimum absolute atomic E-state index is 0.0454. The van der Waals surface area contributed by atoms with Gasteiger partial charge in [-0.1, -0.05) is 25.4 Å². The molecular formula is C12H18ClN3O4S. The van der Waals surface area contributed by atoms with E-state index in [9.17, 15) is 18.5 Å². The number of halogens is 1. The number of non-ortho nitro benzene ring substituents is 1. The number of benzene rings is 1. The Hall–Kier alpha value is -1.22. The van der Waals surface area contributed by atoms with Crippen molar-refractivity contribution in [3.8, 4) is 0 Å². The Labute approximate surface area is 129 Å². The monoisotopic (exact) mass is 335 g/mol. The Morgan fingerprint density at radius 2 is 1.95 bits per heavy atom. The molecule has 0 aliphatic heterocycles. The van der Waals surface area contributed by atoms with E-state index in [2.05, 4.69) is 9.62 Å². The van der Waals surface area contributed by atoms with Gasteiger partial charge in [0.1, 0.15) is 4.90 Å². The maximum atomic E-state index is 12.1. The van der Waals surface area contributed by atoms with Gasteiger partial charge in [0.05, 0.1) is 9.95 Å². The van der Waals surface area contributed by atoms with Gasteiger partial charge in [-0.25, -0.2) is 13.1 Å². The van der Waals surface area contributed by atoms with E-state index < -0.39 is 14.9 Å². The summed E-state index contributed by atoms with van der Waals surface area (Å²) >= 11 is 5.83. The van der Waals surface area contributed by atoms with Gasteiger partial charge in [-0.2, -0.15) is 0 Å². The van der Waals surface area contributed by atoms with Gasteiger partial charge < -0.3 is 4.90 Å². The molecule has 0 atom stereocenters. The average molecular weight is 336 g/mol. The summed E-state index contributed by atoms with van der Waals surface area (Å²) in [4.78, 5) is 11.8. The first-order valence-electron chi connectivity index (χ1n) is 6.47. The molecular weight excluding hydrogens is 318 g/mol. The van der Waals surface area contributed by atoms with Gasteiger partial charge in [-0.3, -0.25) is 10.1 Å². The summed E-state index contributed by atoms with van der Waals surface area (Å²) in [7, 11) is -3.87. The lowest BCUT2D eigenvalue weighted by Crippen LogP contribution is -2.34. The quantitative estimate of drug-likeness (QED) is 0.578. The Bertz CT molecular complexity index is 603. The van der Waals surface area contributed by atoms with Crippen LogP contribution in [0.1, 0.15) is 13.8 Å². The van der Waals surface area contributed by atoms with Gasteiger partial charge in [0.25, 0.3) is 5.69 Å². The lowest BCUT2D eigenvalue weighted by Gasteiger charge is -2.18. The molecule has 9 heteroatoms. The molecule has 0 bridgehead atoms. The van der Waals surface area contributed by atoms with Crippen LogP contribution in [0.2, 0.25) is 5.02 Å². The number of rotatable bonds is 8. The van der Waals surface area contributed by atoms with Crippen molar-refractivity contribution < 1.29 is 13.3 Å². The van der Waals surface area contributed by atoms with Crippen LogP contribution in [0, 0.1) is 10.1 Å². The maximum Gasteiger partial charge on any atom is 0.270 e. The second kappa shape index (κ2) is 7.69. The molecule has 1 N–H and O–H groups in total. The van der Waals surface area contributed by atoms with Crippen molar-refractivity contribution in [3.63, 3.8) is 0 Å². The summed E-state index contributed by atoms with van der Waals surface area (Å²) in [6.45, 7) is 6.36. The normalized spacial score (nSPS) is 11.8. The van der Waals surface area contributed by atoms with Crippen LogP contribution in [0.5, 0.6) is 0 Å². The summed E-state index contributed by atoms with van der Waals surface area (Å²) in [5.41, 5.74) is -0.316. The third-order valence-electron chi connectivity index (χ3n) is 3.03. The summed E-state index contributed by atoms with van der Waals surface area (Å²) in [6, 6.07) is 3.33. The summed E-state index contributed by atoms with van der Waals surface area (Å²) < 4.78 is 26.7. The molecule has 0 aromatic heterocycles. The number of likely N-dealkylation sites (N-methyl/N-ethyl adjacent to an activating group) is 1. The molecule has 0 saturated carbocycles. The van der Waals surface area contributed by atoms with Gasteiger partial charge in [0.15, 0.2) is 0 Å². The Morgan fingerprint density at radius 3 is 2.48 bits per heavy atom. The number of nitro benzene ring substituents is 1. The first-order valence-corrected chi connectivity index (χ1v) is 8.33. The van der Waals surface area contributed by atoms with E-state index in [1.165, 1.54) is 6.07 Å². The standard InChI is InChI=1S/C12H18ClN3O4S/c1-3-15(4-2)8-7-14-21(19,20)12-9-10(16(17)18)5-6-11(12)13/h5-6,9,14H,3-4,7-8H2,1-2H3. The Morgan fingerprint density at radius 1 is 1.33 bits per heavy atom. The molecule has 0 amide bonds. The smallest absolute Gasteiger partial charge is 0.270 e. The first-order chi connectivity index (χ1) is 9.81. The molecule has 0 aliphatic rings. The average Bonchev–Trinajstić information content (AvgIpc) is 2.43. The highest BCUT2D eigenvalue weighted by molar-refractivity contribution is 7.89. The molecule has 1 aromatic carbocycles. The van der Waals surface area contributed by atoms with Crippen LogP contribution >= 0.6 is 11.6 Å². The summed E-state index contributed by atoms with van der Waals surface area (Å²) in [5.74, 6) is 0.